The molecule has 0 unspecified atom stereocenters. The van der Waals surface area contributed by atoms with E-state index in [0.717, 1.165) is 75.5 Å². The number of sulfonamides is 1. The summed E-state index contributed by atoms with van der Waals surface area (Å²) in [6.07, 6.45) is 12.2. The molecule has 332 valence electrons. The largest absolute Gasteiger partial charge is 0.455 e. The van der Waals surface area contributed by atoms with Crippen molar-refractivity contribution in [1.82, 2.24) is 24.5 Å². The van der Waals surface area contributed by atoms with Crippen LogP contribution in [0.1, 0.15) is 98.7 Å². The Morgan fingerprint density at radius 1 is 0.984 bits per heavy atom. The Bertz CT molecular complexity index is 2590. The molecular weight excluding hydrogens is 817 g/mol. The van der Waals surface area contributed by atoms with Crippen molar-refractivity contribution in [3.8, 4) is 11.5 Å². The number of carbonyl (C=O) groups excluding carboxylic acids is 1. The van der Waals surface area contributed by atoms with Gasteiger partial charge in [0, 0.05) is 61.1 Å². The van der Waals surface area contributed by atoms with Crippen LogP contribution in [0, 0.1) is 21.4 Å². The fraction of sp³-hybridized carbons (Fsp3) is 0.458. The molecule has 1 spiro atoms. The monoisotopic (exact) mass is 874 g/mol. The van der Waals surface area contributed by atoms with E-state index >= 15 is 0 Å². The van der Waals surface area contributed by atoms with Crippen LogP contribution in [0.2, 0.25) is 0 Å². The summed E-state index contributed by atoms with van der Waals surface area (Å²) in [6.45, 7) is 9.88. The van der Waals surface area contributed by atoms with Crippen molar-refractivity contribution in [2.24, 2.45) is 11.3 Å². The Kier molecular flexibility index (Phi) is 11.9. The highest BCUT2D eigenvalue weighted by Crippen LogP contribution is 2.54. The maximum Gasteiger partial charge on any atom is 0.293 e. The first kappa shape index (κ1) is 42.8. The molecule has 1 atom stereocenters. The summed E-state index contributed by atoms with van der Waals surface area (Å²) < 4.78 is 36.0. The number of likely N-dealkylation sites (tertiary alicyclic amines) is 2. The van der Waals surface area contributed by atoms with Gasteiger partial charge in [-0.1, -0.05) is 38.1 Å². The lowest BCUT2D eigenvalue weighted by molar-refractivity contribution is -0.384. The molecule has 15 heteroatoms. The number of fused-ring (bicyclic) bond motifs is 1. The van der Waals surface area contributed by atoms with Crippen LogP contribution in [-0.4, -0.2) is 91.4 Å². The molecule has 14 nitrogen and oxygen atoms in total. The summed E-state index contributed by atoms with van der Waals surface area (Å²) in [7, 11) is -2.46. The number of piperidine rings is 2. The first-order valence-corrected chi connectivity index (χ1v) is 24.0. The topological polar surface area (TPSA) is 166 Å². The summed E-state index contributed by atoms with van der Waals surface area (Å²) in [5.41, 5.74) is 4.67. The van der Waals surface area contributed by atoms with Crippen LogP contribution in [0.4, 0.5) is 17.1 Å². The van der Waals surface area contributed by atoms with Gasteiger partial charge in [0.2, 0.25) is 0 Å². The van der Waals surface area contributed by atoms with Gasteiger partial charge in [-0.3, -0.25) is 19.8 Å². The molecule has 4 aliphatic rings. The lowest BCUT2D eigenvalue weighted by Crippen LogP contribution is -2.54. The number of nitro benzene ring substituents is 1. The SMILES string of the molecule is CC(C)c1ccccc1[C@@H]1CCCN1C1CC2(CCN(c3ccc(C(=O)NS(=O)(=O)c4ccc(NCC5CCN(C)CC5)c([N+](=O)[O-])c4)c(Oc4cnc5[nH]ccc5c4)c3)CC2)C1. The van der Waals surface area contributed by atoms with Crippen LogP contribution in [0.25, 0.3) is 11.0 Å². The lowest BCUT2D eigenvalue weighted by Gasteiger charge is -2.56. The fourth-order valence-corrected chi connectivity index (χ4v) is 11.5. The third-order valence-electron chi connectivity index (χ3n) is 14.2. The van der Waals surface area contributed by atoms with Crippen molar-refractivity contribution in [3.05, 3.63) is 112 Å². The van der Waals surface area contributed by atoms with E-state index in [9.17, 15) is 23.3 Å². The van der Waals surface area contributed by atoms with Gasteiger partial charge in [-0.2, -0.15) is 0 Å². The maximum atomic E-state index is 14.0. The Balaban J connectivity index is 0.899. The van der Waals surface area contributed by atoms with Crippen molar-refractivity contribution in [1.29, 1.82) is 0 Å². The Labute approximate surface area is 369 Å². The molecule has 4 fully saturated rings. The molecular formula is C48H58N8O6S. The molecule has 3 aliphatic heterocycles. The second kappa shape index (κ2) is 17.6. The molecule has 1 aliphatic carbocycles. The van der Waals surface area contributed by atoms with Crippen molar-refractivity contribution < 1.29 is 22.9 Å². The van der Waals surface area contributed by atoms with Gasteiger partial charge in [0.1, 0.15) is 22.8 Å². The number of amides is 1. The minimum atomic E-state index is -4.53. The first-order valence-electron chi connectivity index (χ1n) is 22.5. The van der Waals surface area contributed by atoms with Gasteiger partial charge in [0.25, 0.3) is 21.6 Å². The molecule has 0 bridgehead atoms. The van der Waals surface area contributed by atoms with E-state index in [-0.39, 0.29) is 22.7 Å². The number of pyridine rings is 1. The average Bonchev–Trinajstić information content (AvgIpc) is 3.95. The summed E-state index contributed by atoms with van der Waals surface area (Å²) in [4.78, 5) is 40.0. The van der Waals surface area contributed by atoms with Crippen molar-refractivity contribution in [3.63, 3.8) is 0 Å². The normalized spacial score (nSPS) is 20.0. The van der Waals surface area contributed by atoms with Crippen LogP contribution < -0.4 is 19.7 Å². The van der Waals surface area contributed by atoms with Gasteiger partial charge in [-0.25, -0.2) is 18.1 Å². The second-order valence-corrected chi connectivity index (χ2v) is 20.3. The lowest BCUT2D eigenvalue weighted by atomic mass is 9.59. The quantitative estimate of drug-likeness (QED) is 0.0764. The average molecular weight is 875 g/mol. The van der Waals surface area contributed by atoms with E-state index in [0.29, 0.717) is 47.3 Å². The van der Waals surface area contributed by atoms with E-state index in [4.69, 9.17) is 4.74 Å². The van der Waals surface area contributed by atoms with E-state index < -0.39 is 25.7 Å². The molecule has 0 radical (unpaired) electrons. The molecule has 3 N–H and O–H groups in total. The molecule has 2 aromatic heterocycles. The van der Waals surface area contributed by atoms with Crippen LogP contribution >= 0.6 is 0 Å². The van der Waals surface area contributed by atoms with Crippen molar-refractivity contribution >= 4 is 44.0 Å². The number of rotatable bonds is 13. The summed E-state index contributed by atoms with van der Waals surface area (Å²) in [6, 6.07) is 22.6. The van der Waals surface area contributed by atoms with E-state index in [2.05, 4.69) is 79.9 Å². The number of hydrogen-bond donors (Lipinski definition) is 3. The Hall–Kier alpha value is -5.51. The first-order chi connectivity index (χ1) is 30.3. The molecule has 5 heterocycles. The van der Waals surface area contributed by atoms with Crippen LogP contribution in [0.15, 0.2) is 90.1 Å². The van der Waals surface area contributed by atoms with Gasteiger partial charge in [0.05, 0.1) is 21.6 Å². The van der Waals surface area contributed by atoms with E-state index in [1.165, 1.54) is 48.9 Å². The molecule has 3 saturated heterocycles. The Morgan fingerprint density at radius 2 is 1.76 bits per heavy atom. The minimum absolute atomic E-state index is 0.00285. The predicted molar refractivity (Wildman–Crippen MR) is 245 cm³/mol. The number of anilines is 2. The molecule has 3 aromatic carbocycles. The zero-order chi connectivity index (χ0) is 43.9. The van der Waals surface area contributed by atoms with Crippen molar-refractivity contribution in [2.75, 3.05) is 56.5 Å². The third-order valence-corrected chi connectivity index (χ3v) is 15.5. The van der Waals surface area contributed by atoms with E-state index in [1.54, 1.807) is 30.6 Å². The third kappa shape index (κ3) is 9.00. The molecule has 63 heavy (non-hydrogen) atoms. The number of aromatic amines is 1. The fourth-order valence-electron chi connectivity index (χ4n) is 10.5. The number of nitrogens with one attached hydrogen (secondary N) is 3. The molecule has 1 amide bonds. The van der Waals surface area contributed by atoms with Crippen LogP contribution in [-0.2, 0) is 10.0 Å². The summed E-state index contributed by atoms with van der Waals surface area (Å²) >= 11 is 0. The standard InChI is InChI=1S/C48H58N8O6S/c1-32(2)39-7-4-5-8-40(39)43-9-6-20-55(43)36-28-48(29-36)17-23-54(24-18-48)35-10-12-41(45(26-35)62-37-25-34-14-19-49-46(34)51-31-37)47(57)52-63(60,61)38-11-13-42(44(27-38)56(58)59)50-30-33-15-21-53(3)22-16-33/h4-5,7-8,10-14,19,25-27,31-33,36,43,50H,6,9,15-18,20-24,28-30H2,1-3H3,(H,49,51)(H,52,57)/t43-/m0/s1. The van der Waals surface area contributed by atoms with Gasteiger partial charge < -0.3 is 24.8 Å². The van der Waals surface area contributed by atoms with Crippen LogP contribution in [0.3, 0.4) is 0 Å². The molecule has 1 saturated carbocycles. The Morgan fingerprint density at radius 3 is 2.52 bits per heavy atom. The smallest absolute Gasteiger partial charge is 0.293 e. The zero-order valence-electron chi connectivity index (χ0n) is 36.4. The van der Waals surface area contributed by atoms with E-state index in [1.807, 2.05) is 12.1 Å². The highest BCUT2D eigenvalue weighted by atomic mass is 32.2. The highest BCUT2D eigenvalue weighted by molar-refractivity contribution is 7.90. The summed E-state index contributed by atoms with van der Waals surface area (Å²) in [5, 5.41) is 16.1. The number of H-pyrrole nitrogens is 1. The number of ether oxygens (including phenoxy) is 1. The van der Waals surface area contributed by atoms with Crippen LogP contribution in [0.5, 0.6) is 11.5 Å². The number of benzene rings is 3. The number of hydrogen-bond acceptors (Lipinski definition) is 11. The molecule has 5 aromatic rings. The highest BCUT2D eigenvalue weighted by Gasteiger charge is 2.50. The van der Waals surface area contributed by atoms with Gasteiger partial charge in [-0.15, -0.1) is 0 Å². The van der Waals surface area contributed by atoms with Gasteiger partial charge in [0.15, 0.2) is 0 Å². The van der Waals surface area contributed by atoms with Gasteiger partial charge in [-0.05, 0) is 143 Å². The maximum absolute atomic E-state index is 14.0. The minimum Gasteiger partial charge on any atom is -0.455 e. The van der Waals surface area contributed by atoms with Crippen molar-refractivity contribution in [2.45, 2.75) is 88.1 Å². The number of nitro groups is 1. The zero-order valence-corrected chi connectivity index (χ0v) is 37.2. The summed E-state index contributed by atoms with van der Waals surface area (Å²) in [5.74, 6) is 0.472. The number of carbonyl (C=O) groups is 1. The second-order valence-electron chi connectivity index (χ2n) is 18.6. The number of nitrogens with zero attached hydrogens (tertiary/aromatic N) is 5. The predicted octanol–water partition coefficient (Wildman–Crippen LogP) is 8.85. The van der Waals surface area contributed by atoms with Gasteiger partial charge >= 0.3 is 0 Å². The molecule has 9 rings (SSSR count). The number of aromatic nitrogens is 2.